The normalized spacial score (nSPS) is 30.9. The Bertz CT molecular complexity index is 384. The van der Waals surface area contributed by atoms with E-state index < -0.39 is 30.4 Å². The second-order valence-corrected chi connectivity index (χ2v) is 4.71. The van der Waals surface area contributed by atoms with Gasteiger partial charge >= 0.3 is 0 Å². The van der Waals surface area contributed by atoms with Crippen LogP contribution < -0.4 is 0 Å². The van der Waals surface area contributed by atoms with Crippen molar-refractivity contribution in [3.05, 3.63) is 18.5 Å². The molecule has 2 rings (SSSR count). The molecule has 102 valence electrons. The minimum atomic E-state index is -1.78. The molecule has 0 spiro atoms. The van der Waals surface area contributed by atoms with Crippen molar-refractivity contribution in [2.75, 3.05) is 6.61 Å². The highest BCUT2D eigenvalue weighted by Gasteiger charge is 2.43. The van der Waals surface area contributed by atoms with Gasteiger partial charge in [0.15, 0.2) is 5.79 Å². The molecule has 3 unspecified atom stereocenters. The lowest BCUT2D eigenvalue weighted by atomic mass is 10.1. The molecule has 1 aromatic heterocycles. The summed E-state index contributed by atoms with van der Waals surface area (Å²) in [6, 6.07) is 1.55. The maximum absolute atomic E-state index is 14.0. The third kappa shape index (κ3) is 2.69. The van der Waals surface area contributed by atoms with E-state index in [1.807, 2.05) is 0 Å². The zero-order valence-corrected chi connectivity index (χ0v) is 10.2. The SMILES string of the molecule is CC1(C)OCC(O)[C@H](C(O)C(F)n2cccn2)O1. The Morgan fingerprint density at radius 1 is 1.56 bits per heavy atom. The van der Waals surface area contributed by atoms with Gasteiger partial charge in [0.1, 0.15) is 18.3 Å². The van der Waals surface area contributed by atoms with Crippen molar-refractivity contribution in [2.45, 2.75) is 44.2 Å². The van der Waals surface area contributed by atoms with Crippen LogP contribution in [0.25, 0.3) is 0 Å². The summed E-state index contributed by atoms with van der Waals surface area (Å²) in [4.78, 5) is 0. The highest BCUT2D eigenvalue weighted by molar-refractivity contribution is 4.88. The van der Waals surface area contributed by atoms with Gasteiger partial charge in [-0.3, -0.25) is 0 Å². The summed E-state index contributed by atoms with van der Waals surface area (Å²) in [7, 11) is 0. The molecular formula is C11H17FN2O4. The Labute approximate surface area is 104 Å². The molecule has 0 aliphatic carbocycles. The van der Waals surface area contributed by atoms with Gasteiger partial charge in [0, 0.05) is 12.4 Å². The van der Waals surface area contributed by atoms with Crippen LogP contribution in [-0.4, -0.2) is 50.7 Å². The third-order valence-electron chi connectivity index (χ3n) is 2.80. The molecule has 0 amide bonds. The highest BCUT2D eigenvalue weighted by atomic mass is 19.1. The van der Waals surface area contributed by atoms with E-state index in [9.17, 15) is 14.6 Å². The van der Waals surface area contributed by atoms with Crippen molar-refractivity contribution in [3.8, 4) is 0 Å². The molecule has 0 radical (unpaired) electrons. The molecule has 2 heterocycles. The van der Waals surface area contributed by atoms with Gasteiger partial charge in [0.25, 0.3) is 0 Å². The molecule has 1 saturated heterocycles. The van der Waals surface area contributed by atoms with Crippen LogP contribution in [0.1, 0.15) is 20.1 Å². The predicted octanol–water partition coefficient (Wildman–Crippen LogP) is 0.224. The first kappa shape index (κ1) is 13.4. The molecule has 1 fully saturated rings. The number of nitrogens with zero attached hydrogens (tertiary/aromatic N) is 2. The lowest BCUT2D eigenvalue weighted by Gasteiger charge is -2.41. The minimum absolute atomic E-state index is 0.0133. The quantitative estimate of drug-likeness (QED) is 0.813. The van der Waals surface area contributed by atoms with Crippen LogP contribution in [0.15, 0.2) is 18.5 Å². The molecule has 1 aliphatic rings. The summed E-state index contributed by atoms with van der Waals surface area (Å²) >= 11 is 0. The number of aromatic nitrogens is 2. The zero-order chi connectivity index (χ0) is 13.3. The smallest absolute Gasteiger partial charge is 0.219 e. The molecular weight excluding hydrogens is 243 g/mol. The average Bonchev–Trinajstić information content (AvgIpc) is 2.84. The van der Waals surface area contributed by atoms with E-state index in [1.165, 1.54) is 12.4 Å². The number of aliphatic hydroxyl groups excluding tert-OH is 2. The first-order valence-corrected chi connectivity index (χ1v) is 5.72. The van der Waals surface area contributed by atoms with Gasteiger partial charge in [-0.1, -0.05) is 0 Å². The van der Waals surface area contributed by atoms with Crippen molar-refractivity contribution in [1.82, 2.24) is 9.78 Å². The number of aliphatic hydroxyl groups is 2. The molecule has 0 saturated carbocycles. The summed E-state index contributed by atoms with van der Waals surface area (Å²) in [6.45, 7) is 3.26. The first-order chi connectivity index (χ1) is 8.41. The average molecular weight is 260 g/mol. The van der Waals surface area contributed by atoms with Crippen molar-refractivity contribution in [3.63, 3.8) is 0 Å². The van der Waals surface area contributed by atoms with E-state index in [0.717, 1.165) is 4.68 Å². The second-order valence-electron chi connectivity index (χ2n) is 4.71. The fourth-order valence-electron chi connectivity index (χ4n) is 1.86. The number of ether oxygens (including phenoxy) is 2. The molecule has 6 nitrogen and oxygen atoms in total. The molecule has 1 aliphatic heterocycles. The van der Waals surface area contributed by atoms with E-state index in [1.54, 1.807) is 19.9 Å². The van der Waals surface area contributed by atoms with Gasteiger partial charge in [0.2, 0.25) is 6.30 Å². The lowest BCUT2D eigenvalue weighted by Crippen LogP contribution is -2.55. The summed E-state index contributed by atoms with van der Waals surface area (Å²) < 4.78 is 25.5. The Kier molecular flexibility index (Phi) is 3.67. The Morgan fingerprint density at radius 2 is 2.28 bits per heavy atom. The molecule has 7 heteroatoms. The van der Waals surface area contributed by atoms with Crippen molar-refractivity contribution < 1.29 is 24.1 Å². The van der Waals surface area contributed by atoms with Gasteiger partial charge in [-0.25, -0.2) is 9.07 Å². The summed E-state index contributed by atoms with van der Waals surface area (Å²) in [5.74, 6) is -0.964. The minimum Gasteiger partial charge on any atom is -0.388 e. The predicted molar refractivity (Wildman–Crippen MR) is 59.3 cm³/mol. The van der Waals surface area contributed by atoms with Crippen LogP contribution in [0.4, 0.5) is 4.39 Å². The molecule has 2 N–H and O–H groups in total. The second kappa shape index (κ2) is 4.93. The Morgan fingerprint density at radius 3 is 2.89 bits per heavy atom. The Balaban J connectivity index is 2.09. The van der Waals surface area contributed by atoms with Crippen LogP contribution in [0, 0.1) is 0 Å². The van der Waals surface area contributed by atoms with Crippen molar-refractivity contribution in [2.24, 2.45) is 0 Å². The lowest BCUT2D eigenvalue weighted by molar-refractivity contribution is -0.324. The van der Waals surface area contributed by atoms with Crippen LogP contribution in [0.3, 0.4) is 0 Å². The fraction of sp³-hybridized carbons (Fsp3) is 0.727. The van der Waals surface area contributed by atoms with E-state index >= 15 is 0 Å². The largest absolute Gasteiger partial charge is 0.388 e. The Hall–Kier alpha value is -1.02. The highest BCUT2D eigenvalue weighted by Crippen LogP contribution is 2.28. The topological polar surface area (TPSA) is 76.7 Å². The number of rotatable bonds is 3. The van der Waals surface area contributed by atoms with E-state index in [0.29, 0.717) is 0 Å². The number of halogens is 1. The molecule has 18 heavy (non-hydrogen) atoms. The molecule has 4 atom stereocenters. The first-order valence-electron chi connectivity index (χ1n) is 5.72. The van der Waals surface area contributed by atoms with Crippen molar-refractivity contribution >= 4 is 0 Å². The van der Waals surface area contributed by atoms with Crippen LogP contribution in [0.2, 0.25) is 0 Å². The van der Waals surface area contributed by atoms with Gasteiger partial charge < -0.3 is 19.7 Å². The van der Waals surface area contributed by atoms with Gasteiger partial charge in [0.05, 0.1) is 6.61 Å². The number of hydrogen-bond acceptors (Lipinski definition) is 5. The van der Waals surface area contributed by atoms with Crippen LogP contribution >= 0.6 is 0 Å². The summed E-state index contributed by atoms with van der Waals surface area (Å²) in [6.07, 6.45) is -2.65. The van der Waals surface area contributed by atoms with Gasteiger partial charge in [-0.2, -0.15) is 5.10 Å². The zero-order valence-electron chi connectivity index (χ0n) is 10.2. The fourth-order valence-corrected chi connectivity index (χ4v) is 1.86. The van der Waals surface area contributed by atoms with Gasteiger partial charge in [-0.05, 0) is 19.9 Å². The number of alkyl halides is 1. The maximum atomic E-state index is 14.0. The van der Waals surface area contributed by atoms with Gasteiger partial charge in [-0.15, -0.1) is 0 Å². The van der Waals surface area contributed by atoms with E-state index in [2.05, 4.69) is 5.10 Å². The summed E-state index contributed by atoms with van der Waals surface area (Å²) in [5.41, 5.74) is 0. The van der Waals surface area contributed by atoms with E-state index in [-0.39, 0.29) is 6.61 Å². The molecule has 0 aromatic carbocycles. The third-order valence-corrected chi connectivity index (χ3v) is 2.80. The van der Waals surface area contributed by atoms with Crippen LogP contribution in [-0.2, 0) is 9.47 Å². The van der Waals surface area contributed by atoms with Crippen LogP contribution in [0.5, 0.6) is 0 Å². The van der Waals surface area contributed by atoms with E-state index in [4.69, 9.17) is 9.47 Å². The van der Waals surface area contributed by atoms with Crippen molar-refractivity contribution in [1.29, 1.82) is 0 Å². The molecule has 0 bridgehead atoms. The maximum Gasteiger partial charge on any atom is 0.219 e. The number of hydrogen-bond donors (Lipinski definition) is 2. The summed E-state index contributed by atoms with van der Waals surface area (Å²) in [5, 5.41) is 23.4. The molecule has 1 aromatic rings. The standard InChI is InChI=1S/C11H17FN2O4/c1-11(2)17-6-7(15)9(18-11)8(16)10(12)14-5-3-4-13-14/h3-5,7-10,15-16H,6H2,1-2H3/t7?,8?,9-,10?/m1/s1. The monoisotopic (exact) mass is 260 g/mol.